The number of hydrogen-bond donors (Lipinski definition) is 0. The van der Waals surface area contributed by atoms with Crippen LogP contribution in [0.25, 0.3) is 0 Å². The number of halogens is 3. The van der Waals surface area contributed by atoms with Gasteiger partial charge >= 0.3 is 6.18 Å². The van der Waals surface area contributed by atoms with Crippen LogP contribution in [0.5, 0.6) is 11.6 Å². The third-order valence-electron chi connectivity index (χ3n) is 4.94. The molecule has 3 aromatic rings. The monoisotopic (exact) mass is 384 g/mol. The predicted octanol–water partition coefficient (Wildman–Crippen LogP) is 6.37. The van der Waals surface area contributed by atoms with Gasteiger partial charge in [-0.25, -0.2) is 4.98 Å². The molecule has 1 aromatic heterocycles. The summed E-state index contributed by atoms with van der Waals surface area (Å²) in [5.74, 6) is 0.648. The largest absolute Gasteiger partial charge is 0.439 e. The first-order valence-corrected chi connectivity index (χ1v) is 9.14. The number of pyridine rings is 1. The Balaban J connectivity index is 1.53. The molecule has 0 spiro atoms. The van der Waals surface area contributed by atoms with Gasteiger partial charge in [0.1, 0.15) is 5.75 Å². The van der Waals surface area contributed by atoms with Crippen molar-refractivity contribution in [2.45, 2.75) is 32.0 Å². The van der Waals surface area contributed by atoms with Crippen LogP contribution in [-0.2, 0) is 12.6 Å². The van der Waals surface area contributed by atoms with Crippen molar-refractivity contribution >= 4 is 11.4 Å². The summed E-state index contributed by atoms with van der Waals surface area (Å²) in [7, 11) is 0. The lowest BCUT2D eigenvalue weighted by atomic mass is 10.1. The minimum absolute atomic E-state index is 0.124. The van der Waals surface area contributed by atoms with E-state index in [0.29, 0.717) is 11.8 Å². The molecule has 28 heavy (non-hydrogen) atoms. The average molecular weight is 384 g/mol. The number of rotatable bonds is 4. The van der Waals surface area contributed by atoms with Gasteiger partial charge in [0.15, 0.2) is 0 Å². The molecule has 1 unspecified atom stereocenters. The van der Waals surface area contributed by atoms with Crippen molar-refractivity contribution in [3.63, 3.8) is 0 Å². The zero-order valence-corrected chi connectivity index (χ0v) is 15.3. The molecule has 144 valence electrons. The highest BCUT2D eigenvalue weighted by molar-refractivity contribution is 5.71. The van der Waals surface area contributed by atoms with Crippen LogP contribution in [0, 0.1) is 0 Å². The van der Waals surface area contributed by atoms with Crippen LogP contribution in [0.15, 0.2) is 66.9 Å². The Morgan fingerprint density at radius 3 is 2.43 bits per heavy atom. The molecule has 0 fully saturated rings. The highest BCUT2D eigenvalue weighted by Gasteiger charge is 2.31. The van der Waals surface area contributed by atoms with E-state index in [4.69, 9.17) is 4.74 Å². The molecule has 0 amide bonds. The van der Waals surface area contributed by atoms with E-state index in [9.17, 15) is 13.2 Å². The summed E-state index contributed by atoms with van der Waals surface area (Å²) in [6.45, 7) is 2.18. The maximum Gasteiger partial charge on any atom is 0.417 e. The summed E-state index contributed by atoms with van der Waals surface area (Å²) in [5.41, 5.74) is 2.81. The Bertz CT molecular complexity index is 953. The number of fused-ring (bicyclic) bond motifs is 1. The highest BCUT2D eigenvalue weighted by Crippen LogP contribution is 2.40. The average Bonchev–Trinajstić information content (AvgIpc) is 3.07. The maximum absolute atomic E-state index is 12.6. The Morgan fingerprint density at radius 1 is 1.04 bits per heavy atom. The topological polar surface area (TPSA) is 25.4 Å². The minimum Gasteiger partial charge on any atom is -0.439 e. The molecule has 1 aliphatic rings. The molecule has 3 nitrogen and oxygen atoms in total. The zero-order valence-electron chi connectivity index (χ0n) is 15.3. The van der Waals surface area contributed by atoms with Gasteiger partial charge in [-0.3, -0.25) is 0 Å². The summed E-state index contributed by atoms with van der Waals surface area (Å²) >= 11 is 0. The van der Waals surface area contributed by atoms with Gasteiger partial charge in [0, 0.05) is 29.7 Å². The number of aromatic nitrogens is 1. The predicted molar refractivity (Wildman–Crippen MR) is 102 cm³/mol. The fraction of sp³-hybridized carbons (Fsp3) is 0.227. The standard InChI is InChI=1S/C22H19F3N2O/c1-2-17-13-15-5-3-4-6-20(15)27(17)18-8-10-19(11-9-18)28-21-12-7-16(14-26-21)22(23,24)25/h3-12,14,17H,2,13H2,1H3. The third kappa shape index (κ3) is 3.54. The van der Waals surface area contributed by atoms with Gasteiger partial charge in [-0.1, -0.05) is 25.1 Å². The molecule has 2 aromatic carbocycles. The second-order valence-electron chi connectivity index (χ2n) is 6.74. The lowest BCUT2D eigenvalue weighted by molar-refractivity contribution is -0.137. The number of anilines is 2. The van der Waals surface area contributed by atoms with E-state index in [-0.39, 0.29) is 5.88 Å². The van der Waals surface area contributed by atoms with Gasteiger partial charge in [0.2, 0.25) is 5.88 Å². The number of hydrogen-bond acceptors (Lipinski definition) is 3. The molecule has 0 saturated heterocycles. The van der Waals surface area contributed by atoms with Gasteiger partial charge in [0.25, 0.3) is 0 Å². The molecule has 4 rings (SSSR count). The zero-order chi connectivity index (χ0) is 19.7. The third-order valence-corrected chi connectivity index (χ3v) is 4.94. The smallest absolute Gasteiger partial charge is 0.417 e. The molecule has 0 aliphatic carbocycles. The number of alkyl halides is 3. The van der Waals surface area contributed by atoms with Crippen LogP contribution < -0.4 is 9.64 Å². The first-order valence-electron chi connectivity index (χ1n) is 9.14. The van der Waals surface area contributed by atoms with E-state index in [1.807, 2.05) is 30.3 Å². The number of para-hydroxylation sites is 1. The maximum atomic E-state index is 12.6. The van der Waals surface area contributed by atoms with Gasteiger partial charge < -0.3 is 9.64 Å². The molecule has 1 atom stereocenters. The van der Waals surface area contributed by atoms with Gasteiger partial charge in [-0.2, -0.15) is 13.2 Å². The summed E-state index contributed by atoms with van der Waals surface area (Å²) in [6.07, 6.45) is -1.59. The van der Waals surface area contributed by atoms with Crippen LogP contribution in [-0.4, -0.2) is 11.0 Å². The summed E-state index contributed by atoms with van der Waals surface area (Å²) in [6, 6.07) is 18.5. The van der Waals surface area contributed by atoms with Gasteiger partial charge in [0.05, 0.1) is 5.56 Å². The van der Waals surface area contributed by atoms with E-state index in [0.717, 1.165) is 30.8 Å². The summed E-state index contributed by atoms with van der Waals surface area (Å²) in [4.78, 5) is 6.07. The van der Waals surface area contributed by atoms with Crippen LogP contribution in [0.2, 0.25) is 0 Å². The highest BCUT2D eigenvalue weighted by atomic mass is 19.4. The quantitative estimate of drug-likeness (QED) is 0.523. The van der Waals surface area contributed by atoms with Gasteiger partial charge in [-0.15, -0.1) is 0 Å². The van der Waals surface area contributed by atoms with Crippen molar-refractivity contribution in [1.29, 1.82) is 0 Å². The molecule has 1 aliphatic heterocycles. The minimum atomic E-state index is -4.41. The number of nitrogens with zero attached hydrogens (tertiary/aromatic N) is 2. The Morgan fingerprint density at radius 2 is 1.79 bits per heavy atom. The van der Waals surface area contributed by atoms with E-state index in [1.54, 1.807) is 0 Å². The second-order valence-corrected chi connectivity index (χ2v) is 6.74. The Labute approximate surface area is 161 Å². The van der Waals surface area contributed by atoms with Crippen LogP contribution in [0.1, 0.15) is 24.5 Å². The molecule has 6 heteroatoms. The van der Waals surface area contributed by atoms with E-state index in [1.165, 1.54) is 17.3 Å². The van der Waals surface area contributed by atoms with Crippen molar-refractivity contribution in [1.82, 2.24) is 4.98 Å². The fourth-order valence-corrected chi connectivity index (χ4v) is 3.54. The molecular formula is C22H19F3N2O. The van der Waals surface area contributed by atoms with Gasteiger partial charge in [-0.05, 0) is 54.8 Å². The first kappa shape index (κ1) is 18.3. The van der Waals surface area contributed by atoms with E-state index < -0.39 is 11.7 Å². The normalized spacial score (nSPS) is 16.1. The van der Waals surface area contributed by atoms with Crippen molar-refractivity contribution in [3.05, 3.63) is 78.0 Å². The fourth-order valence-electron chi connectivity index (χ4n) is 3.54. The van der Waals surface area contributed by atoms with E-state index >= 15 is 0 Å². The lowest BCUT2D eigenvalue weighted by Crippen LogP contribution is -2.26. The number of ether oxygens (including phenoxy) is 1. The van der Waals surface area contributed by atoms with Crippen LogP contribution in [0.4, 0.5) is 24.5 Å². The lowest BCUT2D eigenvalue weighted by Gasteiger charge is -2.27. The second kappa shape index (κ2) is 7.19. The van der Waals surface area contributed by atoms with Crippen molar-refractivity contribution in [3.8, 4) is 11.6 Å². The summed E-state index contributed by atoms with van der Waals surface area (Å²) < 4.78 is 43.4. The molecular weight excluding hydrogens is 365 g/mol. The van der Waals surface area contributed by atoms with E-state index in [2.05, 4.69) is 35.0 Å². The van der Waals surface area contributed by atoms with Crippen molar-refractivity contribution in [2.24, 2.45) is 0 Å². The molecule has 0 bridgehead atoms. The molecule has 2 heterocycles. The van der Waals surface area contributed by atoms with Crippen molar-refractivity contribution in [2.75, 3.05) is 4.90 Å². The summed E-state index contributed by atoms with van der Waals surface area (Å²) in [5, 5.41) is 0. The van der Waals surface area contributed by atoms with Crippen LogP contribution in [0.3, 0.4) is 0 Å². The molecule has 0 radical (unpaired) electrons. The first-order chi connectivity index (χ1) is 13.5. The Hall–Kier alpha value is -3.02. The van der Waals surface area contributed by atoms with Crippen LogP contribution >= 0.6 is 0 Å². The number of benzene rings is 2. The molecule has 0 saturated carbocycles. The SMILES string of the molecule is CCC1Cc2ccccc2N1c1ccc(Oc2ccc(C(F)(F)F)cn2)cc1. The Kier molecular flexibility index (Phi) is 4.71. The van der Waals surface area contributed by atoms with Crippen molar-refractivity contribution < 1.29 is 17.9 Å². The molecule has 0 N–H and O–H groups in total.